The number of benzene rings is 3. The normalized spacial score (nSPS) is 11.2. The number of nitrogens with one attached hydrogen (secondary N) is 1. The number of carbonyl (C=O) groups is 1. The maximum atomic E-state index is 12.8. The van der Waals surface area contributed by atoms with Crippen molar-refractivity contribution < 1.29 is 4.79 Å². The first-order valence-electron chi connectivity index (χ1n) is 9.02. The average Bonchev–Trinajstić information content (AvgIpc) is 3.30. The molecular formula is C23H17N3OS. The molecule has 0 atom stereocenters. The largest absolute Gasteiger partial charge is 0.322 e. The molecule has 2 aromatic heterocycles. The summed E-state index contributed by atoms with van der Waals surface area (Å²) in [6.07, 6.45) is 2.05. The summed E-state index contributed by atoms with van der Waals surface area (Å²) in [5.74, 6) is -0.109. The van der Waals surface area contributed by atoms with Crippen molar-refractivity contribution in [2.24, 2.45) is 0 Å². The van der Waals surface area contributed by atoms with Crippen LogP contribution in [0.5, 0.6) is 0 Å². The van der Waals surface area contributed by atoms with Crippen LogP contribution in [0, 0.1) is 6.92 Å². The van der Waals surface area contributed by atoms with Gasteiger partial charge in [0, 0.05) is 34.1 Å². The first-order valence-corrected chi connectivity index (χ1v) is 9.90. The highest BCUT2D eigenvalue weighted by Crippen LogP contribution is 2.25. The van der Waals surface area contributed by atoms with E-state index in [0.717, 1.165) is 32.7 Å². The fourth-order valence-corrected chi connectivity index (χ4v) is 4.23. The maximum absolute atomic E-state index is 12.8. The van der Waals surface area contributed by atoms with Gasteiger partial charge < -0.3 is 5.32 Å². The molecule has 1 amide bonds. The zero-order valence-electron chi connectivity index (χ0n) is 15.2. The molecule has 2 heterocycles. The highest BCUT2D eigenvalue weighted by molar-refractivity contribution is 7.15. The number of anilines is 1. The molecule has 5 heteroatoms. The van der Waals surface area contributed by atoms with Gasteiger partial charge in [0.2, 0.25) is 0 Å². The van der Waals surface area contributed by atoms with Crippen molar-refractivity contribution in [3.63, 3.8) is 0 Å². The summed E-state index contributed by atoms with van der Waals surface area (Å²) in [6, 6.07) is 21.5. The van der Waals surface area contributed by atoms with Crippen molar-refractivity contribution in [3.05, 3.63) is 89.6 Å². The van der Waals surface area contributed by atoms with E-state index in [-0.39, 0.29) is 5.91 Å². The number of fused-ring (bicyclic) bond motifs is 2. The van der Waals surface area contributed by atoms with E-state index in [9.17, 15) is 4.79 Å². The van der Waals surface area contributed by atoms with Crippen molar-refractivity contribution in [1.82, 2.24) is 9.38 Å². The predicted molar refractivity (Wildman–Crippen MR) is 115 cm³/mol. The molecule has 0 aliphatic heterocycles. The van der Waals surface area contributed by atoms with Gasteiger partial charge in [-0.05, 0) is 35.9 Å². The van der Waals surface area contributed by atoms with E-state index in [1.165, 1.54) is 5.69 Å². The molecule has 0 bridgehead atoms. The number of nitrogens with zero attached hydrogens (tertiary/aromatic N) is 2. The minimum Gasteiger partial charge on any atom is -0.322 e. The van der Waals surface area contributed by atoms with Crippen LogP contribution in [0.2, 0.25) is 0 Å². The minimum absolute atomic E-state index is 0.109. The molecule has 3 aromatic carbocycles. The second-order valence-corrected chi connectivity index (χ2v) is 7.55. The molecule has 1 N–H and O–H groups in total. The lowest BCUT2D eigenvalue weighted by atomic mass is 10.0. The van der Waals surface area contributed by atoms with Crippen molar-refractivity contribution >= 4 is 38.7 Å². The van der Waals surface area contributed by atoms with Gasteiger partial charge in [0.1, 0.15) is 0 Å². The molecule has 0 saturated heterocycles. The van der Waals surface area contributed by atoms with Crippen LogP contribution >= 0.6 is 11.3 Å². The molecule has 5 aromatic rings. The van der Waals surface area contributed by atoms with Crippen LogP contribution in [-0.4, -0.2) is 15.3 Å². The number of hydrogen-bond donors (Lipinski definition) is 1. The number of amides is 1. The van der Waals surface area contributed by atoms with Gasteiger partial charge in [-0.1, -0.05) is 48.5 Å². The maximum Gasteiger partial charge on any atom is 0.256 e. The lowest BCUT2D eigenvalue weighted by Gasteiger charge is -2.08. The lowest BCUT2D eigenvalue weighted by molar-refractivity contribution is 0.102. The van der Waals surface area contributed by atoms with Gasteiger partial charge in [-0.25, -0.2) is 4.98 Å². The summed E-state index contributed by atoms with van der Waals surface area (Å²) in [5.41, 5.74) is 4.57. The Kier molecular flexibility index (Phi) is 3.95. The van der Waals surface area contributed by atoms with E-state index in [1.807, 2.05) is 72.9 Å². The molecule has 136 valence electrons. The minimum atomic E-state index is -0.109. The van der Waals surface area contributed by atoms with Gasteiger partial charge >= 0.3 is 0 Å². The first kappa shape index (κ1) is 16.7. The molecule has 0 radical (unpaired) electrons. The number of aryl methyl sites for hydroxylation is 1. The average molecular weight is 383 g/mol. The molecule has 5 rings (SSSR count). The standard InChI is InChI=1S/C23H17N3OS/c1-15-14-28-23-25-21(13-26(15)23)17-9-11-18(12-10-17)24-22(27)20-8-4-6-16-5-2-3-7-19(16)20/h2-14H,1H3,(H,24,27). The van der Waals surface area contributed by atoms with Crippen LogP contribution < -0.4 is 5.32 Å². The zero-order valence-corrected chi connectivity index (χ0v) is 16.0. The van der Waals surface area contributed by atoms with Crippen molar-refractivity contribution in [2.45, 2.75) is 6.92 Å². The summed E-state index contributed by atoms with van der Waals surface area (Å²) in [7, 11) is 0. The van der Waals surface area contributed by atoms with Gasteiger partial charge in [-0.15, -0.1) is 11.3 Å². The van der Waals surface area contributed by atoms with Crippen molar-refractivity contribution in [1.29, 1.82) is 0 Å². The molecule has 0 unspecified atom stereocenters. The monoisotopic (exact) mass is 383 g/mol. The molecule has 4 nitrogen and oxygen atoms in total. The molecule has 0 aliphatic carbocycles. The second-order valence-electron chi connectivity index (χ2n) is 6.71. The third-order valence-corrected chi connectivity index (χ3v) is 5.82. The Balaban J connectivity index is 1.40. The van der Waals surface area contributed by atoms with Crippen LogP contribution in [0.4, 0.5) is 5.69 Å². The number of imidazole rings is 1. The van der Waals surface area contributed by atoms with Gasteiger partial charge in [-0.2, -0.15) is 0 Å². The summed E-state index contributed by atoms with van der Waals surface area (Å²) in [4.78, 5) is 18.4. The zero-order chi connectivity index (χ0) is 19.1. The topological polar surface area (TPSA) is 46.4 Å². The Hall–Kier alpha value is -3.44. The fraction of sp³-hybridized carbons (Fsp3) is 0.0435. The Bertz CT molecular complexity index is 1310. The Morgan fingerprint density at radius 2 is 1.79 bits per heavy atom. The van der Waals surface area contributed by atoms with Crippen LogP contribution in [0.1, 0.15) is 16.1 Å². The third-order valence-electron chi connectivity index (χ3n) is 4.86. The second kappa shape index (κ2) is 6.62. The molecule has 0 aliphatic rings. The van der Waals surface area contributed by atoms with Gasteiger partial charge in [0.25, 0.3) is 5.91 Å². The van der Waals surface area contributed by atoms with Crippen molar-refractivity contribution in [2.75, 3.05) is 5.32 Å². The first-order chi connectivity index (χ1) is 13.7. The van der Waals surface area contributed by atoms with Crippen LogP contribution in [0.25, 0.3) is 27.0 Å². The van der Waals surface area contributed by atoms with Crippen LogP contribution in [-0.2, 0) is 0 Å². The van der Waals surface area contributed by atoms with E-state index in [0.29, 0.717) is 5.56 Å². The summed E-state index contributed by atoms with van der Waals surface area (Å²) >= 11 is 1.63. The van der Waals surface area contributed by atoms with E-state index < -0.39 is 0 Å². The number of rotatable bonds is 3. The number of carbonyl (C=O) groups excluding carboxylic acids is 1. The summed E-state index contributed by atoms with van der Waals surface area (Å²) < 4.78 is 2.09. The molecule has 0 saturated carbocycles. The Morgan fingerprint density at radius 3 is 2.61 bits per heavy atom. The van der Waals surface area contributed by atoms with E-state index in [2.05, 4.69) is 27.0 Å². The Morgan fingerprint density at radius 1 is 1.00 bits per heavy atom. The summed E-state index contributed by atoms with van der Waals surface area (Å²) in [5, 5.41) is 7.10. The van der Waals surface area contributed by atoms with Gasteiger partial charge in [0.05, 0.1) is 5.69 Å². The molecule has 28 heavy (non-hydrogen) atoms. The quantitative estimate of drug-likeness (QED) is 0.429. The third kappa shape index (κ3) is 2.86. The highest BCUT2D eigenvalue weighted by Gasteiger charge is 2.11. The van der Waals surface area contributed by atoms with Gasteiger partial charge in [0.15, 0.2) is 4.96 Å². The summed E-state index contributed by atoms with van der Waals surface area (Å²) in [6.45, 7) is 2.07. The van der Waals surface area contributed by atoms with Gasteiger partial charge in [-0.3, -0.25) is 9.20 Å². The molecule has 0 spiro atoms. The lowest BCUT2D eigenvalue weighted by Crippen LogP contribution is -2.12. The smallest absolute Gasteiger partial charge is 0.256 e. The van der Waals surface area contributed by atoms with E-state index >= 15 is 0 Å². The number of hydrogen-bond acceptors (Lipinski definition) is 3. The van der Waals surface area contributed by atoms with Crippen LogP contribution in [0.3, 0.4) is 0 Å². The SMILES string of the molecule is Cc1csc2nc(-c3ccc(NC(=O)c4cccc5ccccc45)cc3)cn12. The molecule has 0 fully saturated rings. The van der Waals surface area contributed by atoms with Crippen molar-refractivity contribution in [3.8, 4) is 11.3 Å². The number of thiazole rings is 1. The van der Waals surface area contributed by atoms with E-state index in [1.54, 1.807) is 11.3 Å². The fourth-order valence-electron chi connectivity index (χ4n) is 3.38. The number of aromatic nitrogens is 2. The molecular weight excluding hydrogens is 366 g/mol. The Labute approximate surface area is 166 Å². The predicted octanol–water partition coefficient (Wildman–Crippen LogP) is 5.78. The van der Waals surface area contributed by atoms with Crippen LogP contribution in [0.15, 0.2) is 78.3 Å². The highest BCUT2D eigenvalue weighted by atomic mass is 32.1. The van der Waals surface area contributed by atoms with E-state index in [4.69, 9.17) is 0 Å².